The topological polar surface area (TPSA) is 72.0 Å². The highest BCUT2D eigenvalue weighted by Gasteiger charge is 2.15. The van der Waals surface area contributed by atoms with E-state index < -0.39 is 10.0 Å². The molecule has 0 aliphatic heterocycles. The third kappa shape index (κ3) is 2.37. The van der Waals surface area contributed by atoms with Gasteiger partial charge in [-0.3, -0.25) is 4.72 Å². The number of nitrogens with zero attached hydrogens (tertiary/aromatic N) is 2. The lowest BCUT2D eigenvalue weighted by atomic mass is 10.4. The van der Waals surface area contributed by atoms with Gasteiger partial charge in [-0.1, -0.05) is 18.2 Å². The standard InChI is InChI=1S/C9H9N3O2S2/c1-7-10-9(15-11-7)12-16(13,14)8-5-3-2-4-6-8/h2-6H,1H3,(H,10,11,12). The fourth-order valence-electron chi connectivity index (χ4n) is 1.11. The Bertz CT molecular complexity index is 578. The molecule has 16 heavy (non-hydrogen) atoms. The van der Waals surface area contributed by atoms with E-state index in [1.807, 2.05) is 0 Å². The van der Waals surface area contributed by atoms with Crippen molar-refractivity contribution in [2.45, 2.75) is 11.8 Å². The lowest BCUT2D eigenvalue weighted by molar-refractivity contribution is 0.601. The van der Waals surface area contributed by atoms with E-state index in [2.05, 4.69) is 14.1 Å². The van der Waals surface area contributed by atoms with E-state index in [0.29, 0.717) is 5.82 Å². The summed E-state index contributed by atoms with van der Waals surface area (Å²) in [5.41, 5.74) is 0. The van der Waals surface area contributed by atoms with Crippen LogP contribution in [0, 0.1) is 6.92 Å². The summed E-state index contributed by atoms with van der Waals surface area (Å²) in [6, 6.07) is 8.14. The Morgan fingerprint density at radius 3 is 2.50 bits per heavy atom. The summed E-state index contributed by atoms with van der Waals surface area (Å²) in [7, 11) is -3.54. The van der Waals surface area contributed by atoms with Crippen LogP contribution >= 0.6 is 11.5 Å². The number of rotatable bonds is 3. The van der Waals surface area contributed by atoms with Crippen LogP contribution in [-0.2, 0) is 10.0 Å². The van der Waals surface area contributed by atoms with Crippen molar-refractivity contribution in [1.29, 1.82) is 0 Å². The molecule has 1 aromatic heterocycles. The van der Waals surface area contributed by atoms with Crippen LogP contribution in [-0.4, -0.2) is 17.8 Å². The predicted octanol–water partition coefficient (Wildman–Crippen LogP) is 1.65. The zero-order valence-corrected chi connectivity index (χ0v) is 10.0. The van der Waals surface area contributed by atoms with Gasteiger partial charge in [0.15, 0.2) is 0 Å². The minimum absolute atomic E-state index is 0.211. The maximum absolute atomic E-state index is 11.8. The average Bonchev–Trinajstić information content (AvgIpc) is 2.64. The largest absolute Gasteiger partial charge is 0.263 e. The molecular weight excluding hydrogens is 246 g/mol. The fraction of sp³-hybridized carbons (Fsp3) is 0.111. The Morgan fingerprint density at radius 2 is 1.94 bits per heavy atom. The zero-order valence-electron chi connectivity index (χ0n) is 8.41. The van der Waals surface area contributed by atoms with Crippen LogP contribution in [0.1, 0.15) is 5.82 Å². The van der Waals surface area contributed by atoms with Crippen molar-refractivity contribution >= 4 is 26.7 Å². The van der Waals surface area contributed by atoms with Gasteiger partial charge >= 0.3 is 0 Å². The Morgan fingerprint density at radius 1 is 1.25 bits per heavy atom. The summed E-state index contributed by atoms with van der Waals surface area (Å²) in [5, 5.41) is 0.279. The Kier molecular flexibility index (Phi) is 2.88. The molecule has 5 nitrogen and oxygen atoms in total. The summed E-state index contributed by atoms with van der Waals surface area (Å²) < 4.78 is 29.9. The maximum atomic E-state index is 11.8. The number of hydrogen-bond acceptors (Lipinski definition) is 5. The molecule has 7 heteroatoms. The lowest BCUT2D eigenvalue weighted by Crippen LogP contribution is -2.12. The van der Waals surface area contributed by atoms with Crippen molar-refractivity contribution in [3.63, 3.8) is 0 Å². The minimum atomic E-state index is -3.54. The van der Waals surface area contributed by atoms with Crippen LogP contribution in [0.4, 0.5) is 5.13 Å². The first-order chi connectivity index (χ1) is 7.58. The van der Waals surface area contributed by atoms with E-state index >= 15 is 0 Å². The van der Waals surface area contributed by atoms with Crippen LogP contribution in [0.5, 0.6) is 0 Å². The molecule has 1 N–H and O–H groups in total. The third-order valence-corrected chi connectivity index (χ3v) is 4.01. The molecule has 0 spiro atoms. The molecule has 0 aliphatic carbocycles. The van der Waals surface area contributed by atoms with Crippen molar-refractivity contribution in [3.8, 4) is 0 Å². The van der Waals surface area contributed by atoms with Crippen LogP contribution in [0.25, 0.3) is 0 Å². The number of aromatic nitrogens is 2. The molecule has 0 unspecified atom stereocenters. The number of nitrogens with one attached hydrogen (secondary N) is 1. The van der Waals surface area contributed by atoms with Crippen molar-refractivity contribution in [1.82, 2.24) is 9.36 Å². The first-order valence-electron chi connectivity index (χ1n) is 4.46. The molecule has 0 bridgehead atoms. The number of benzene rings is 1. The molecule has 0 saturated carbocycles. The number of hydrogen-bond donors (Lipinski definition) is 1. The Labute approximate surface area is 97.4 Å². The average molecular weight is 255 g/mol. The molecule has 0 saturated heterocycles. The Hall–Kier alpha value is -1.47. The summed E-state index contributed by atoms with van der Waals surface area (Å²) in [5.74, 6) is 0.552. The maximum Gasteiger partial charge on any atom is 0.263 e. The van der Waals surface area contributed by atoms with Crippen LogP contribution < -0.4 is 4.72 Å². The predicted molar refractivity (Wildman–Crippen MR) is 61.9 cm³/mol. The van der Waals surface area contributed by atoms with E-state index in [0.717, 1.165) is 11.5 Å². The first kappa shape index (κ1) is 11.0. The molecule has 0 radical (unpaired) electrons. The van der Waals surface area contributed by atoms with Crippen molar-refractivity contribution < 1.29 is 8.42 Å². The summed E-state index contributed by atoms with van der Waals surface area (Å²) in [6.07, 6.45) is 0. The van der Waals surface area contributed by atoms with Crippen LogP contribution in [0.15, 0.2) is 35.2 Å². The van der Waals surface area contributed by atoms with E-state index in [4.69, 9.17) is 0 Å². The number of anilines is 1. The second kappa shape index (κ2) is 4.18. The van der Waals surface area contributed by atoms with Crippen molar-refractivity contribution in [3.05, 3.63) is 36.2 Å². The molecule has 84 valence electrons. The van der Waals surface area contributed by atoms with E-state index in [9.17, 15) is 8.42 Å². The molecule has 2 rings (SSSR count). The molecule has 0 atom stereocenters. The SMILES string of the molecule is Cc1nsc(NS(=O)(=O)c2ccccc2)n1. The second-order valence-corrected chi connectivity index (χ2v) is 5.50. The zero-order chi connectivity index (χ0) is 11.6. The molecular formula is C9H9N3O2S2. The van der Waals surface area contributed by atoms with Gasteiger partial charge in [0.2, 0.25) is 5.13 Å². The molecule has 1 aromatic carbocycles. The van der Waals surface area contributed by atoms with Crippen molar-refractivity contribution in [2.24, 2.45) is 0 Å². The van der Waals surface area contributed by atoms with Crippen LogP contribution in [0.2, 0.25) is 0 Å². The van der Waals surface area contributed by atoms with Gasteiger partial charge in [0, 0.05) is 11.5 Å². The summed E-state index contributed by atoms with van der Waals surface area (Å²) in [4.78, 5) is 4.15. The van der Waals surface area contributed by atoms with E-state index in [1.165, 1.54) is 12.1 Å². The summed E-state index contributed by atoms with van der Waals surface area (Å²) in [6.45, 7) is 1.71. The number of sulfonamides is 1. The van der Waals surface area contributed by atoms with Crippen LogP contribution in [0.3, 0.4) is 0 Å². The smallest absolute Gasteiger partial charge is 0.253 e. The molecule has 0 fully saturated rings. The highest BCUT2D eigenvalue weighted by atomic mass is 32.2. The van der Waals surface area contributed by atoms with E-state index in [-0.39, 0.29) is 10.0 Å². The monoisotopic (exact) mass is 255 g/mol. The van der Waals surface area contributed by atoms with Gasteiger partial charge in [0.25, 0.3) is 10.0 Å². The van der Waals surface area contributed by atoms with Gasteiger partial charge in [-0.05, 0) is 19.1 Å². The Balaban J connectivity index is 2.28. The minimum Gasteiger partial charge on any atom is -0.253 e. The number of aryl methyl sites for hydroxylation is 1. The molecule has 1 heterocycles. The molecule has 0 amide bonds. The summed E-state index contributed by atoms with van der Waals surface area (Å²) >= 11 is 1.02. The van der Waals surface area contributed by atoms with Gasteiger partial charge < -0.3 is 0 Å². The van der Waals surface area contributed by atoms with Gasteiger partial charge in [-0.2, -0.15) is 4.37 Å². The highest BCUT2D eigenvalue weighted by Crippen LogP contribution is 2.16. The van der Waals surface area contributed by atoms with Gasteiger partial charge in [0.1, 0.15) is 5.82 Å². The third-order valence-electron chi connectivity index (χ3n) is 1.80. The first-order valence-corrected chi connectivity index (χ1v) is 6.72. The van der Waals surface area contributed by atoms with E-state index in [1.54, 1.807) is 25.1 Å². The van der Waals surface area contributed by atoms with Gasteiger partial charge in [0.05, 0.1) is 4.90 Å². The van der Waals surface area contributed by atoms with Gasteiger partial charge in [-0.25, -0.2) is 13.4 Å². The normalized spacial score (nSPS) is 11.3. The lowest BCUT2D eigenvalue weighted by Gasteiger charge is -2.03. The quantitative estimate of drug-likeness (QED) is 0.905. The molecule has 2 aromatic rings. The highest BCUT2D eigenvalue weighted by molar-refractivity contribution is 7.93. The van der Waals surface area contributed by atoms with Gasteiger partial charge in [-0.15, -0.1) is 0 Å². The molecule has 0 aliphatic rings. The van der Waals surface area contributed by atoms with Crippen molar-refractivity contribution in [2.75, 3.05) is 4.72 Å². The fourth-order valence-corrected chi connectivity index (χ4v) is 2.93. The second-order valence-electron chi connectivity index (χ2n) is 3.07.